The Kier molecular flexibility index (Phi) is 4.60. The first-order valence-corrected chi connectivity index (χ1v) is 7.10. The molecule has 2 rings (SSSR count). The van der Waals surface area contributed by atoms with Crippen LogP contribution in [-0.4, -0.2) is 22.1 Å². The highest BCUT2D eigenvalue weighted by atomic mass is 15.1. The van der Waals surface area contributed by atoms with Crippen molar-refractivity contribution in [2.75, 3.05) is 6.54 Å². The van der Waals surface area contributed by atoms with Gasteiger partial charge in [-0.15, -0.1) is 0 Å². The van der Waals surface area contributed by atoms with Gasteiger partial charge >= 0.3 is 0 Å². The number of aromatic nitrogens is 2. The van der Waals surface area contributed by atoms with Crippen molar-refractivity contribution in [2.24, 2.45) is 0 Å². The third-order valence-corrected chi connectivity index (χ3v) is 3.76. The third-order valence-electron chi connectivity index (χ3n) is 3.76. The molecule has 3 nitrogen and oxygen atoms in total. The van der Waals surface area contributed by atoms with E-state index in [9.17, 15) is 0 Å². The molecule has 2 unspecified atom stereocenters. The molecule has 0 amide bonds. The minimum atomic E-state index is 0.664. The zero-order valence-corrected chi connectivity index (χ0v) is 11.2. The van der Waals surface area contributed by atoms with Crippen LogP contribution in [0.4, 0.5) is 0 Å². The van der Waals surface area contributed by atoms with Gasteiger partial charge in [0.2, 0.25) is 0 Å². The maximum Gasteiger partial charge on any atom is 0.108 e. The summed E-state index contributed by atoms with van der Waals surface area (Å²) in [5, 5.41) is 3.59. The number of hydrogen-bond donors (Lipinski definition) is 1. The molecule has 1 aliphatic carbocycles. The van der Waals surface area contributed by atoms with Crippen molar-refractivity contribution in [1.82, 2.24) is 14.9 Å². The molecule has 0 aliphatic heterocycles. The lowest BCUT2D eigenvalue weighted by molar-refractivity contribution is 0.283. The maximum atomic E-state index is 4.49. The summed E-state index contributed by atoms with van der Waals surface area (Å²) in [4.78, 5) is 4.49. The zero-order valence-electron chi connectivity index (χ0n) is 11.2. The molecule has 3 heteroatoms. The Balaban J connectivity index is 2.02. The van der Waals surface area contributed by atoms with E-state index in [0.717, 1.165) is 13.0 Å². The lowest BCUT2D eigenvalue weighted by Crippen LogP contribution is -2.35. The molecule has 1 aromatic heterocycles. The summed E-state index contributed by atoms with van der Waals surface area (Å²) < 4.78 is 2.42. The second kappa shape index (κ2) is 6.20. The molecule has 1 saturated carbocycles. The van der Waals surface area contributed by atoms with Gasteiger partial charge in [-0.25, -0.2) is 4.98 Å². The van der Waals surface area contributed by atoms with Crippen LogP contribution in [0.25, 0.3) is 0 Å². The van der Waals surface area contributed by atoms with E-state index in [1.54, 1.807) is 0 Å². The van der Waals surface area contributed by atoms with E-state index in [1.807, 2.05) is 6.20 Å². The summed E-state index contributed by atoms with van der Waals surface area (Å²) >= 11 is 0. The fourth-order valence-corrected chi connectivity index (χ4v) is 2.98. The Bertz CT molecular complexity index is 330. The Morgan fingerprint density at radius 1 is 1.41 bits per heavy atom. The van der Waals surface area contributed by atoms with Crippen LogP contribution in [0.2, 0.25) is 0 Å². The molecule has 0 radical (unpaired) electrons. The number of imidazole rings is 1. The van der Waals surface area contributed by atoms with E-state index in [-0.39, 0.29) is 0 Å². The van der Waals surface area contributed by atoms with Crippen LogP contribution in [0.15, 0.2) is 12.4 Å². The molecule has 0 bridgehead atoms. The van der Waals surface area contributed by atoms with E-state index >= 15 is 0 Å². The molecule has 1 fully saturated rings. The Labute approximate surface area is 105 Å². The van der Waals surface area contributed by atoms with Crippen LogP contribution >= 0.6 is 0 Å². The van der Waals surface area contributed by atoms with E-state index in [0.29, 0.717) is 12.1 Å². The first-order valence-electron chi connectivity index (χ1n) is 7.10. The van der Waals surface area contributed by atoms with Gasteiger partial charge in [-0.05, 0) is 38.6 Å². The fraction of sp³-hybridized carbons (Fsp3) is 0.786. The van der Waals surface area contributed by atoms with E-state index in [1.165, 1.54) is 37.9 Å². The molecule has 0 aromatic carbocycles. The van der Waals surface area contributed by atoms with Crippen LogP contribution in [-0.2, 0) is 6.42 Å². The Hall–Kier alpha value is -0.830. The highest BCUT2D eigenvalue weighted by molar-refractivity contribution is 4.97. The predicted molar refractivity (Wildman–Crippen MR) is 71.2 cm³/mol. The maximum absolute atomic E-state index is 4.49. The van der Waals surface area contributed by atoms with Crippen LogP contribution in [0.1, 0.15) is 57.8 Å². The van der Waals surface area contributed by atoms with Crippen molar-refractivity contribution in [3.05, 3.63) is 18.2 Å². The monoisotopic (exact) mass is 235 g/mol. The molecule has 1 aromatic rings. The average Bonchev–Trinajstić information content (AvgIpc) is 2.79. The molecule has 0 spiro atoms. The normalized spacial score (nSPS) is 25.1. The van der Waals surface area contributed by atoms with Crippen molar-refractivity contribution in [2.45, 2.75) is 64.5 Å². The number of hydrogen-bond acceptors (Lipinski definition) is 2. The van der Waals surface area contributed by atoms with Gasteiger partial charge in [0.15, 0.2) is 0 Å². The topological polar surface area (TPSA) is 29.9 Å². The molecule has 1 aliphatic rings. The summed E-state index contributed by atoms with van der Waals surface area (Å²) in [5.41, 5.74) is 0. The fourth-order valence-electron chi connectivity index (χ4n) is 2.98. The minimum Gasteiger partial charge on any atom is -0.332 e. The standard InChI is InChI=1S/C14H25N3/c1-3-6-14-16-9-10-17(14)13-8-5-7-12(11-13)15-4-2/h9-10,12-13,15H,3-8,11H2,1-2H3. The largest absolute Gasteiger partial charge is 0.332 e. The smallest absolute Gasteiger partial charge is 0.108 e. The first-order chi connectivity index (χ1) is 8.35. The summed E-state index contributed by atoms with van der Waals surface area (Å²) in [6.07, 6.45) is 11.7. The lowest BCUT2D eigenvalue weighted by Gasteiger charge is -2.31. The summed E-state index contributed by atoms with van der Waals surface area (Å²) in [6, 6.07) is 1.37. The molecular weight excluding hydrogens is 210 g/mol. The van der Waals surface area contributed by atoms with Crippen molar-refractivity contribution in [1.29, 1.82) is 0 Å². The lowest BCUT2D eigenvalue weighted by atomic mass is 9.90. The van der Waals surface area contributed by atoms with Gasteiger partial charge in [0.1, 0.15) is 5.82 Å². The van der Waals surface area contributed by atoms with E-state index in [4.69, 9.17) is 0 Å². The highest BCUT2D eigenvalue weighted by Gasteiger charge is 2.23. The van der Waals surface area contributed by atoms with Crippen LogP contribution in [0, 0.1) is 0 Å². The number of nitrogens with one attached hydrogen (secondary N) is 1. The van der Waals surface area contributed by atoms with Crippen molar-refractivity contribution in [3.8, 4) is 0 Å². The second-order valence-electron chi connectivity index (χ2n) is 5.08. The van der Waals surface area contributed by atoms with Gasteiger partial charge in [-0.1, -0.05) is 13.8 Å². The third kappa shape index (κ3) is 3.09. The summed E-state index contributed by atoms with van der Waals surface area (Å²) in [7, 11) is 0. The summed E-state index contributed by atoms with van der Waals surface area (Å²) in [6.45, 7) is 5.51. The number of nitrogens with zero attached hydrogens (tertiary/aromatic N) is 2. The van der Waals surface area contributed by atoms with Gasteiger partial charge in [0, 0.05) is 30.9 Å². The van der Waals surface area contributed by atoms with Crippen LogP contribution in [0.3, 0.4) is 0 Å². The van der Waals surface area contributed by atoms with Crippen LogP contribution < -0.4 is 5.32 Å². The average molecular weight is 235 g/mol. The van der Waals surface area contributed by atoms with Gasteiger partial charge in [-0.3, -0.25) is 0 Å². The molecule has 1 N–H and O–H groups in total. The molecule has 96 valence electrons. The van der Waals surface area contributed by atoms with E-state index in [2.05, 4.69) is 34.9 Å². The summed E-state index contributed by atoms with van der Waals surface area (Å²) in [5.74, 6) is 1.27. The van der Waals surface area contributed by atoms with Gasteiger partial charge in [-0.2, -0.15) is 0 Å². The molecule has 0 saturated heterocycles. The van der Waals surface area contributed by atoms with Gasteiger partial charge in [0.05, 0.1) is 0 Å². The van der Waals surface area contributed by atoms with Crippen molar-refractivity contribution in [3.63, 3.8) is 0 Å². The molecular formula is C14H25N3. The number of rotatable bonds is 5. The van der Waals surface area contributed by atoms with E-state index < -0.39 is 0 Å². The van der Waals surface area contributed by atoms with Crippen LogP contribution in [0.5, 0.6) is 0 Å². The second-order valence-corrected chi connectivity index (χ2v) is 5.08. The Morgan fingerprint density at radius 3 is 3.06 bits per heavy atom. The van der Waals surface area contributed by atoms with Gasteiger partial charge in [0.25, 0.3) is 0 Å². The quantitative estimate of drug-likeness (QED) is 0.850. The SMILES string of the molecule is CCCc1nccn1C1CCCC(NCC)C1. The predicted octanol–water partition coefficient (Wildman–Crippen LogP) is 2.93. The minimum absolute atomic E-state index is 0.664. The van der Waals surface area contributed by atoms with Gasteiger partial charge < -0.3 is 9.88 Å². The Morgan fingerprint density at radius 2 is 2.29 bits per heavy atom. The van der Waals surface area contributed by atoms with Crippen molar-refractivity contribution >= 4 is 0 Å². The molecule has 2 atom stereocenters. The molecule has 1 heterocycles. The zero-order chi connectivity index (χ0) is 12.1. The van der Waals surface area contributed by atoms with Crippen molar-refractivity contribution < 1.29 is 0 Å². The first kappa shape index (κ1) is 12.6. The molecule has 17 heavy (non-hydrogen) atoms. The highest BCUT2D eigenvalue weighted by Crippen LogP contribution is 2.29. The number of aryl methyl sites for hydroxylation is 1.